The van der Waals surface area contributed by atoms with E-state index in [-0.39, 0.29) is 17.8 Å². The summed E-state index contributed by atoms with van der Waals surface area (Å²) in [4.78, 5) is 27.0. The Labute approximate surface area is 129 Å². The van der Waals surface area contributed by atoms with E-state index < -0.39 is 4.92 Å². The highest BCUT2D eigenvalue weighted by Crippen LogP contribution is 2.16. The number of nitro groups is 1. The van der Waals surface area contributed by atoms with Gasteiger partial charge in [0, 0.05) is 17.2 Å². The van der Waals surface area contributed by atoms with Crippen LogP contribution in [0.3, 0.4) is 0 Å². The number of benzene rings is 2. The zero-order chi connectivity index (χ0) is 15.7. The van der Waals surface area contributed by atoms with Gasteiger partial charge in [-0.15, -0.1) is 0 Å². The first-order chi connectivity index (χ1) is 10.5. The Morgan fingerprint density at radius 2 is 2.05 bits per heavy atom. The van der Waals surface area contributed by atoms with Gasteiger partial charge in [-0.25, -0.2) is 4.98 Å². The molecule has 0 amide bonds. The van der Waals surface area contributed by atoms with Gasteiger partial charge in [0.25, 0.3) is 11.2 Å². The summed E-state index contributed by atoms with van der Waals surface area (Å²) < 4.78 is 1.40. The molecule has 1 heterocycles. The molecule has 0 N–H and O–H groups in total. The predicted molar refractivity (Wildman–Crippen MR) is 83.2 cm³/mol. The number of aromatic nitrogens is 2. The number of rotatable bonds is 3. The average molecular weight is 316 g/mol. The lowest BCUT2D eigenvalue weighted by Gasteiger charge is -2.07. The Hall–Kier alpha value is -2.73. The van der Waals surface area contributed by atoms with Crippen LogP contribution in [-0.4, -0.2) is 14.5 Å². The molecule has 2 aromatic carbocycles. The van der Waals surface area contributed by atoms with Crippen molar-refractivity contribution in [3.05, 3.63) is 79.8 Å². The summed E-state index contributed by atoms with van der Waals surface area (Å²) in [7, 11) is 0. The maximum absolute atomic E-state index is 12.4. The van der Waals surface area contributed by atoms with Crippen molar-refractivity contribution in [1.82, 2.24) is 9.55 Å². The first-order valence-electron chi connectivity index (χ1n) is 6.42. The second kappa shape index (κ2) is 5.57. The third kappa shape index (κ3) is 2.68. The minimum atomic E-state index is -0.468. The molecule has 0 unspecified atom stereocenters. The van der Waals surface area contributed by atoms with Crippen LogP contribution in [-0.2, 0) is 6.54 Å². The van der Waals surface area contributed by atoms with Crippen LogP contribution in [0.4, 0.5) is 5.69 Å². The number of hydrogen-bond donors (Lipinski definition) is 0. The Bertz CT molecular complexity index is 937. The van der Waals surface area contributed by atoms with Crippen LogP contribution in [0.5, 0.6) is 0 Å². The Balaban J connectivity index is 2.04. The second-order valence-electron chi connectivity index (χ2n) is 4.77. The smallest absolute Gasteiger partial charge is 0.269 e. The molecule has 0 fully saturated rings. The molecule has 0 radical (unpaired) electrons. The maximum atomic E-state index is 12.4. The van der Waals surface area contributed by atoms with E-state index in [1.165, 1.54) is 23.0 Å². The molecule has 0 bridgehead atoms. The van der Waals surface area contributed by atoms with Crippen molar-refractivity contribution < 1.29 is 4.92 Å². The third-order valence-electron chi connectivity index (χ3n) is 3.26. The summed E-state index contributed by atoms with van der Waals surface area (Å²) in [5, 5.41) is 11.7. The highest BCUT2D eigenvalue weighted by Gasteiger charge is 2.08. The van der Waals surface area contributed by atoms with Crippen molar-refractivity contribution >= 4 is 28.2 Å². The van der Waals surface area contributed by atoms with Crippen LogP contribution in [0.2, 0.25) is 5.02 Å². The fraction of sp³-hybridized carbons (Fsp3) is 0.0667. The van der Waals surface area contributed by atoms with Crippen molar-refractivity contribution in [2.24, 2.45) is 0 Å². The molecule has 110 valence electrons. The molecule has 0 atom stereocenters. The number of fused-ring (bicyclic) bond motifs is 1. The van der Waals surface area contributed by atoms with E-state index in [0.717, 1.165) is 0 Å². The normalized spacial score (nSPS) is 10.8. The SMILES string of the molecule is O=c1c2cc(Cl)ccc2ncn1Cc1cccc([N+](=O)[O-])c1. The maximum Gasteiger partial charge on any atom is 0.269 e. The van der Waals surface area contributed by atoms with Gasteiger partial charge in [-0.05, 0) is 23.8 Å². The predicted octanol–water partition coefficient (Wildman–Crippen LogP) is 3.01. The number of non-ortho nitro benzene ring substituents is 1. The van der Waals surface area contributed by atoms with Gasteiger partial charge in [0.1, 0.15) is 0 Å². The molecular formula is C15H10ClN3O3. The van der Waals surface area contributed by atoms with Gasteiger partial charge in [0.05, 0.1) is 28.7 Å². The molecule has 22 heavy (non-hydrogen) atoms. The van der Waals surface area contributed by atoms with Gasteiger partial charge >= 0.3 is 0 Å². The second-order valence-corrected chi connectivity index (χ2v) is 5.20. The minimum absolute atomic E-state index is 0.0117. The summed E-state index contributed by atoms with van der Waals surface area (Å²) in [6, 6.07) is 11.1. The fourth-order valence-corrected chi connectivity index (χ4v) is 2.38. The molecule has 0 saturated carbocycles. The van der Waals surface area contributed by atoms with E-state index in [2.05, 4.69) is 4.98 Å². The van der Waals surface area contributed by atoms with E-state index >= 15 is 0 Å². The zero-order valence-corrected chi connectivity index (χ0v) is 12.0. The van der Waals surface area contributed by atoms with Gasteiger partial charge in [-0.1, -0.05) is 23.7 Å². The van der Waals surface area contributed by atoms with Crippen LogP contribution in [0.25, 0.3) is 10.9 Å². The molecule has 6 nitrogen and oxygen atoms in total. The molecule has 0 spiro atoms. The van der Waals surface area contributed by atoms with E-state index in [0.29, 0.717) is 21.5 Å². The number of hydrogen-bond acceptors (Lipinski definition) is 4. The lowest BCUT2D eigenvalue weighted by atomic mass is 10.2. The van der Waals surface area contributed by atoms with Crippen molar-refractivity contribution in [1.29, 1.82) is 0 Å². The fourth-order valence-electron chi connectivity index (χ4n) is 2.21. The molecule has 7 heteroatoms. The van der Waals surface area contributed by atoms with Crippen molar-refractivity contribution in [3.8, 4) is 0 Å². The molecule has 3 aromatic rings. The molecule has 0 aliphatic rings. The van der Waals surface area contributed by atoms with E-state index in [1.54, 1.807) is 30.3 Å². The van der Waals surface area contributed by atoms with Crippen LogP contribution < -0.4 is 5.56 Å². The van der Waals surface area contributed by atoms with Gasteiger partial charge in [-0.3, -0.25) is 19.5 Å². The molecular weight excluding hydrogens is 306 g/mol. The molecule has 1 aromatic heterocycles. The van der Waals surface area contributed by atoms with E-state index in [4.69, 9.17) is 11.6 Å². The lowest BCUT2D eigenvalue weighted by Crippen LogP contribution is -2.21. The Morgan fingerprint density at radius 3 is 2.82 bits per heavy atom. The van der Waals surface area contributed by atoms with Crippen molar-refractivity contribution in [3.63, 3.8) is 0 Å². The first kappa shape index (κ1) is 14.2. The van der Waals surface area contributed by atoms with Crippen molar-refractivity contribution in [2.75, 3.05) is 0 Å². The van der Waals surface area contributed by atoms with Crippen LogP contribution >= 0.6 is 11.6 Å². The average Bonchev–Trinajstić information content (AvgIpc) is 2.51. The Morgan fingerprint density at radius 1 is 1.23 bits per heavy atom. The number of nitro benzene ring substituents is 1. The minimum Gasteiger partial charge on any atom is -0.294 e. The van der Waals surface area contributed by atoms with Gasteiger partial charge in [0.2, 0.25) is 0 Å². The summed E-state index contributed by atoms with van der Waals surface area (Å²) in [5.41, 5.74) is 0.963. The monoisotopic (exact) mass is 315 g/mol. The summed E-state index contributed by atoms with van der Waals surface area (Å²) in [5.74, 6) is 0. The zero-order valence-electron chi connectivity index (χ0n) is 11.3. The topological polar surface area (TPSA) is 78.0 Å². The van der Waals surface area contributed by atoms with Gasteiger partial charge < -0.3 is 0 Å². The van der Waals surface area contributed by atoms with Gasteiger partial charge in [-0.2, -0.15) is 0 Å². The molecule has 0 saturated heterocycles. The summed E-state index contributed by atoms with van der Waals surface area (Å²) in [6.45, 7) is 0.204. The van der Waals surface area contributed by atoms with Crippen LogP contribution in [0.1, 0.15) is 5.56 Å². The highest BCUT2D eigenvalue weighted by molar-refractivity contribution is 6.31. The lowest BCUT2D eigenvalue weighted by molar-refractivity contribution is -0.384. The summed E-state index contributed by atoms with van der Waals surface area (Å²) in [6.07, 6.45) is 1.43. The molecule has 0 aliphatic carbocycles. The highest BCUT2D eigenvalue weighted by atomic mass is 35.5. The standard InChI is InChI=1S/C15H10ClN3O3/c16-11-4-5-14-13(7-11)15(20)18(9-17-14)8-10-2-1-3-12(6-10)19(21)22/h1-7,9H,8H2. The largest absolute Gasteiger partial charge is 0.294 e. The first-order valence-corrected chi connectivity index (χ1v) is 6.80. The molecule has 0 aliphatic heterocycles. The third-order valence-corrected chi connectivity index (χ3v) is 3.50. The quantitative estimate of drug-likeness (QED) is 0.550. The van der Waals surface area contributed by atoms with Gasteiger partial charge in [0.15, 0.2) is 0 Å². The molecule has 3 rings (SSSR count). The Kier molecular flexibility index (Phi) is 3.60. The van der Waals surface area contributed by atoms with E-state index in [1.807, 2.05) is 0 Å². The van der Waals surface area contributed by atoms with Crippen LogP contribution in [0.15, 0.2) is 53.6 Å². The van der Waals surface area contributed by atoms with Crippen molar-refractivity contribution in [2.45, 2.75) is 6.54 Å². The number of nitrogens with zero attached hydrogens (tertiary/aromatic N) is 3. The van der Waals surface area contributed by atoms with Crippen LogP contribution in [0, 0.1) is 10.1 Å². The summed E-state index contributed by atoms with van der Waals surface area (Å²) >= 11 is 5.91. The number of halogens is 1. The van der Waals surface area contributed by atoms with E-state index in [9.17, 15) is 14.9 Å².